The predicted molar refractivity (Wildman–Crippen MR) is 217 cm³/mol. The Morgan fingerprint density at radius 1 is 0.413 bits per heavy atom. The number of carbonyl (C=O) groups excluding carboxylic acids is 2. The van der Waals surface area contributed by atoms with E-state index in [1.54, 1.807) is 0 Å². The van der Waals surface area contributed by atoms with Crippen LogP contribution in [0.25, 0.3) is 0 Å². The maximum Gasteiger partial charge on any atom is 0.254 e. The van der Waals surface area contributed by atoms with E-state index in [0.717, 1.165) is 59.0 Å². The van der Waals surface area contributed by atoms with Gasteiger partial charge in [-0.3, -0.25) is 9.59 Å². The average Bonchev–Trinajstić information content (AvgIpc) is 3.05. The van der Waals surface area contributed by atoms with Crippen LogP contribution in [0.4, 0.5) is 0 Å². The number of benzene rings is 1. The molecule has 1 aromatic rings. The van der Waals surface area contributed by atoms with Gasteiger partial charge in [-0.1, -0.05) is 156 Å². The van der Waals surface area contributed by atoms with Gasteiger partial charge in [0, 0.05) is 33.3 Å². The fraction of sp³-hybridized carbons (Fsp3) is 0.800. The lowest BCUT2D eigenvalue weighted by Gasteiger charge is -2.27. The SMILES string of the molecule is CCCCCCCCN(CCCCCCCC)C(=O)c1cc(I)c(I)cc1C(=O)N(CCCCCCCC)CCCCCCCC. The maximum atomic E-state index is 14.4. The third-order valence-electron chi connectivity index (χ3n) is 9.22. The lowest BCUT2D eigenvalue weighted by molar-refractivity contribution is 0.0709. The minimum Gasteiger partial charge on any atom is -0.339 e. The van der Waals surface area contributed by atoms with Crippen molar-refractivity contribution < 1.29 is 9.59 Å². The summed E-state index contributed by atoms with van der Waals surface area (Å²) in [7, 11) is 0. The molecule has 0 aliphatic heterocycles. The Bertz CT molecular complexity index is 818. The Kier molecular flexibility index (Phi) is 28.0. The Hall–Kier alpha value is -0.380. The third-order valence-corrected chi connectivity index (χ3v) is 12.0. The van der Waals surface area contributed by atoms with E-state index in [-0.39, 0.29) is 11.8 Å². The third kappa shape index (κ3) is 19.6. The standard InChI is InChI=1S/C40H70I2N2O2/c1-5-9-13-17-21-25-29-43(30-26-22-18-14-10-6-2)39(45)35-33-37(41)38(42)34-36(35)40(46)44(31-27-23-19-15-11-7-3)32-28-24-20-16-12-8-4/h33-34H,5-32H2,1-4H3. The van der Waals surface area contributed by atoms with E-state index in [9.17, 15) is 9.59 Å². The summed E-state index contributed by atoms with van der Waals surface area (Å²) < 4.78 is 2.10. The van der Waals surface area contributed by atoms with Crippen molar-refractivity contribution in [1.29, 1.82) is 0 Å². The molecule has 0 fully saturated rings. The molecule has 0 bridgehead atoms. The summed E-state index contributed by atoms with van der Waals surface area (Å²) in [5.74, 6) is 0.109. The highest BCUT2D eigenvalue weighted by atomic mass is 127. The van der Waals surface area contributed by atoms with Crippen LogP contribution >= 0.6 is 45.2 Å². The predicted octanol–water partition coefficient (Wildman–Crippen LogP) is 13.2. The Labute approximate surface area is 312 Å². The molecule has 6 heteroatoms. The van der Waals surface area contributed by atoms with Crippen LogP contribution in [0, 0.1) is 7.14 Å². The van der Waals surface area contributed by atoms with Gasteiger partial charge in [-0.15, -0.1) is 0 Å². The molecule has 46 heavy (non-hydrogen) atoms. The van der Waals surface area contributed by atoms with Gasteiger partial charge in [-0.25, -0.2) is 0 Å². The summed E-state index contributed by atoms with van der Waals surface area (Å²) in [4.78, 5) is 32.9. The van der Waals surface area contributed by atoms with Crippen LogP contribution in [0.1, 0.15) is 203 Å². The van der Waals surface area contributed by atoms with Gasteiger partial charge < -0.3 is 9.80 Å². The van der Waals surface area contributed by atoms with Gasteiger partial charge in [0.25, 0.3) is 11.8 Å². The zero-order valence-electron chi connectivity index (χ0n) is 30.4. The molecule has 0 aliphatic rings. The van der Waals surface area contributed by atoms with Gasteiger partial charge in [-0.2, -0.15) is 0 Å². The second-order valence-corrected chi connectivity index (χ2v) is 15.8. The molecule has 4 nitrogen and oxygen atoms in total. The van der Waals surface area contributed by atoms with Gasteiger partial charge in [0.15, 0.2) is 0 Å². The quantitative estimate of drug-likeness (QED) is 0.0571. The number of nitrogens with zero attached hydrogens (tertiary/aromatic N) is 2. The molecule has 1 aromatic carbocycles. The molecule has 0 saturated carbocycles. The van der Waals surface area contributed by atoms with Crippen molar-refractivity contribution in [3.8, 4) is 0 Å². The monoisotopic (exact) mass is 864 g/mol. The highest BCUT2D eigenvalue weighted by Crippen LogP contribution is 2.25. The van der Waals surface area contributed by atoms with Crippen LogP contribution in [0.2, 0.25) is 0 Å². The molecule has 0 aromatic heterocycles. The van der Waals surface area contributed by atoms with Crippen LogP contribution in [0.3, 0.4) is 0 Å². The number of rotatable bonds is 30. The molecular formula is C40H70I2N2O2. The smallest absolute Gasteiger partial charge is 0.254 e. The Morgan fingerprint density at radius 2 is 0.630 bits per heavy atom. The van der Waals surface area contributed by atoms with Crippen LogP contribution < -0.4 is 0 Å². The second kappa shape index (κ2) is 29.5. The first-order valence-electron chi connectivity index (χ1n) is 19.5. The Morgan fingerprint density at radius 3 is 0.870 bits per heavy atom. The second-order valence-electron chi connectivity index (χ2n) is 13.5. The number of amides is 2. The van der Waals surface area contributed by atoms with Gasteiger partial charge in [0.1, 0.15) is 0 Å². The van der Waals surface area contributed by atoms with Crippen molar-refractivity contribution in [2.24, 2.45) is 0 Å². The minimum atomic E-state index is 0.0545. The molecule has 0 unspecified atom stereocenters. The molecule has 266 valence electrons. The van der Waals surface area contributed by atoms with Gasteiger partial charge in [0.2, 0.25) is 0 Å². The zero-order chi connectivity index (χ0) is 33.8. The first kappa shape index (κ1) is 43.6. The van der Waals surface area contributed by atoms with Crippen LogP contribution in [-0.4, -0.2) is 47.8 Å². The molecule has 0 N–H and O–H groups in total. The fourth-order valence-electron chi connectivity index (χ4n) is 6.20. The zero-order valence-corrected chi connectivity index (χ0v) is 34.7. The number of hydrogen-bond acceptors (Lipinski definition) is 2. The molecule has 0 saturated heterocycles. The van der Waals surface area contributed by atoms with Gasteiger partial charge in [0.05, 0.1) is 11.1 Å². The normalized spacial score (nSPS) is 11.3. The van der Waals surface area contributed by atoms with Crippen LogP contribution in [0.5, 0.6) is 0 Å². The Balaban J connectivity index is 3.15. The van der Waals surface area contributed by atoms with Crippen molar-refractivity contribution in [2.45, 2.75) is 182 Å². The van der Waals surface area contributed by atoms with Crippen LogP contribution in [0.15, 0.2) is 12.1 Å². The molecule has 2 amide bonds. The highest BCUT2D eigenvalue weighted by Gasteiger charge is 2.26. The van der Waals surface area contributed by atoms with E-state index in [1.807, 2.05) is 12.1 Å². The summed E-state index contributed by atoms with van der Waals surface area (Å²) in [5, 5.41) is 0. The number of hydrogen-bond donors (Lipinski definition) is 0. The van der Waals surface area contributed by atoms with Crippen molar-refractivity contribution in [3.63, 3.8) is 0 Å². The molecule has 0 aliphatic carbocycles. The number of unbranched alkanes of at least 4 members (excludes halogenated alkanes) is 20. The van der Waals surface area contributed by atoms with Crippen molar-refractivity contribution in [1.82, 2.24) is 9.80 Å². The summed E-state index contributed by atoms with van der Waals surface area (Å²) >= 11 is 4.67. The van der Waals surface area contributed by atoms with Gasteiger partial charge >= 0.3 is 0 Å². The first-order valence-corrected chi connectivity index (χ1v) is 21.6. The summed E-state index contributed by atoms with van der Waals surface area (Å²) in [5.41, 5.74) is 1.23. The van der Waals surface area contributed by atoms with Gasteiger partial charge in [-0.05, 0) is 83.0 Å². The van der Waals surface area contributed by atoms with E-state index < -0.39 is 0 Å². The number of carbonyl (C=O) groups is 2. The first-order chi connectivity index (χ1) is 22.4. The fourth-order valence-corrected chi connectivity index (χ4v) is 7.14. The lowest BCUT2D eigenvalue weighted by atomic mass is 10.0. The highest BCUT2D eigenvalue weighted by molar-refractivity contribution is 14.1. The van der Waals surface area contributed by atoms with E-state index in [1.165, 1.54) is 128 Å². The van der Waals surface area contributed by atoms with Crippen molar-refractivity contribution in [2.75, 3.05) is 26.2 Å². The molecule has 0 spiro atoms. The molecule has 0 heterocycles. The van der Waals surface area contributed by atoms with Crippen LogP contribution in [-0.2, 0) is 0 Å². The average molecular weight is 865 g/mol. The van der Waals surface area contributed by atoms with E-state index in [2.05, 4.69) is 82.7 Å². The van der Waals surface area contributed by atoms with E-state index in [0.29, 0.717) is 11.1 Å². The maximum absolute atomic E-state index is 14.4. The summed E-state index contributed by atoms with van der Waals surface area (Å²) in [6.07, 6.45) is 29.1. The topological polar surface area (TPSA) is 40.6 Å². The van der Waals surface area contributed by atoms with E-state index >= 15 is 0 Å². The largest absolute Gasteiger partial charge is 0.339 e. The van der Waals surface area contributed by atoms with Crippen molar-refractivity contribution in [3.05, 3.63) is 30.4 Å². The number of halogens is 2. The lowest BCUT2D eigenvalue weighted by Crippen LogP contribution is -2.37. The molecule has 1 rings (SSSR count). The van der Waals surface area contributed by atoms with Crippen molar-refractivity contribution >= 4 is 57.0 Å². The summed E-state index contributed by atoms with van der Waals surface area (Å²) in [6.45, 7) is 12.2. The minimum absolute atomic E-state index is 0.0545. The molecule has 0 atom stereocenters. The molecular weight excluding hydrogens is 794 g/mol. The molecule has 0 radical (unpaired) electrons. The summed E-state index contributed by atoms with van der Waals surface area (Å²) in [6, 6.07) is 4.00. The van der Waals surface area contributed by atoms with E-state index in [4.69, 9.17) is 0 Å².